The van der Waals surface area contributed by atoms with Crippen LogP contribution in [0.5, 0.6) is 0 Å². The van der Waals surface area contributed by atoms with Gasteiger partial charge >= 0.3 is 0 Å². The SMILES string of the molecule is ClC=Cc1ccccc1.c1cc2ccc3cccc4ccc(c1)c2c34. The molecule has 120 valence electrons. The first-order valence-electron chi connectivity index (χ1n) is 8.31. The number of hydrogen-bond donors (Lipinski definition) is 0. The maximum atomic E-state index is 5.36. The molecule has 0 fully saturated rings. The van der Waals surface area contributed by atoms with Gasteiger partial charge < -0.3 is 0 Å². The number of halogens is 1. The minimum atomic E-state index is 1.13. The molecular weight excluding hydrogens is 324 g/mol. The zero-order chi connectivity index (χ0) is 17.1. The Bertz CT molecular complexity index is 1010. The molecule has 0 aliphatic rings. The molecule has 0 amide bonds. The molecule has 0 aromatic heterocycles. The van der Waals surface area contributed by atoms with E-state index < -0.39 is 0 Å². The zero-order valence-electron chi connectivity index (χ0n) is 13.7. The van der Waals surface area contributed by atoms with E-state index >= 15 is 0 Å². The third-order valence-corrected chi connectivity index (χ3v) is 4.57. The summed E-state index contributed by atoms with van der Waals surface area (Å²) in [7, 11) is 0. The Morgan fingerprint density at radius 3 is 1.32 bits per heavy atom. The average Bonchev–Trinajstić information content (AvgIpc) is 2.68. The second kappa shape index (κ2) is 6.96. The van der Waals surface area contributed by atoms with Crippen LogP contribution in [0.25, 0.3) is 38.4 Å². The van der Waals surface area contributed by atoms with Gasteiger partial charge in [0.05, 0.1) is 0 Å². The Labute approximate surface area is 152 Å². The van der Waals surface area contributed by atoms with E-state index in [1.54, 1.807) is 0 Å². The fourth-order valence-corrected chi connectivity index (χ4v) is 3.45. The van der Waals surface area contributed by atoms with Crippen molar-refractivity contribution < 1.29 is 0 Å². The molecule has 0 N–H and O–H groups in total. The quantitative estimate of drug-likeness (QED) is 0.277. The van der Waals surface area contributed by atoms with Crippen molar-refractivity contribution in [2.24, 2.45) is 0 Å². The summed E-state index contributed by atoms with van der Waals surface area (Å²) in [6.45, 7) is 0. The number of benzene rings is 5. The normalized spacial score (nSPS) is 11.2. The molecule has 0 saturated carbocycles. The molecule has 25 heavy (non-hydrogen) atoms. The Balaban J connectivity index is 0.000000150. The fraction of sp³-hybridized carbons (Fsp3) is 0. The largest absolute Gasteiger partial charge is 0.0929 e. The molecule has 0 aliphatic heterocycles. The predicted molar refractivity (Wildman–Crippen MR) is 111 cm³/mol. The second-order valence-corrected chi connectivity index (χ2v) is 6.24. The summed E-state index contributed by atoms with van der Waals surface area (Å²) in [5.74, 6) is 0. The van der Waals surface area contributed by atoms with Gasteiger partial charge in [-0.05, 0) is 44.0 Å². The van der Waals surface area contributed by atoms with E-state index in [1.807, 2.05) is 36.4 Å². The Hall–Kier alpha value is -2.83. The molecule has 1 heteroatoms. The van der Waals surface area contributed by atoms with Crippen LogP contribution in [0.3, 0.4) is 0 Å². The molecule has 0 atom stereocenters. The van der Waals surface area contributed by atoms with Crippen LogP contribution in [0.15, 0.2) is 96.5 Å². The van der Waals surface area contributed by atoms with E-state index in [-0.39, 0.29) is 0 Å². The van der Waals surface area contributed by atoms with Crippen LogP contribution in [0, 0.1) is 0 Å². The summed E-state index contributed by atoms with van der Waals surface area (Å²) in [5, 5.41) is 8.14. The van der Waals surface area contributed by atoms with E-state index in [4.69, 9.17) is 11.6 Å². The fourth-order valence-electron chi connectivity index (χ4n) is 3.31. The minimum Gasteiger partial charge on any atom is -0.0929 e. The number of rotatable bonds is 1. The first-order chi connectivity index (χ1) is 12.4. The maximum Gasteiger partial charge on any atom is 0.00484 e. The first-order valence-corrected chi connectivity index (χ1v) is 8.75. The molecule has 0 aliphatic carbocycles. The zero-order valence-corrected chi connectivity index (χ0v) is 14.4. The summed E-state index contributed by atoms with van der Waals surface area (Å²) in [5.41, 5.74) is 2.64. The summed E-state index contributed by atoms with van der Waals surface area (Å²) in [6, 6.07) is 31.8. The molecule has 5 aromatic carbocycles. The molecule has 5 rings (SSSR count). The first kappa shape index (κ1) is 15.7. The van der Waals surface area contributed by atoms with Gasteiger partial charge in [0, 0.05) is 5.54 Å². The van der Waals surface area contributed by atoms with E-state index in [0.29, 0.717) is 0 Å². The van der Waals surface area contributed by atoms with Gasteiger partial charge in [-0.3, -0.25) is 0 Å². The van der Waals surface area contributed by atoms with Gasteiger partial charge in [0.25, 0.3) is 0 Å². The molecule has 0 saturated heterocycles. The minimum absolute atomic E-state index is 1.13. The molecule has 0 heterocycles. The van der Waals surface area contributed by atoms with Gasteiger partial charge in [0.1, 0.15) is 0 Å². The van der Waals surface area contributed by atoms with Crippen LogP contribution in [-0.2, 0) is 0 Å². The van der Waals surface area contributed by atoms with Crippen molar-refractivity contribution in [3.05, 3.63) is 102 Å². The Kier molecular flexibility index (Phi) is 4.37. The highest BCUT2D eigenvalue weighted by Gasteiger charge is 2.05. The van der Waals surface area contributed by atoms with Crippen molar-refractivity contribution in [2.75, 3.05) is 0 Å². The van der Waals surface area contributed by atoms with Crippen molar-refractivity contribution >= 4 is 50.0 Å². The van der Waals surface area contributed by atoms with Crippen LogP contribution in [0.2, 0.25) is 0 Å². The van der Waals surface area contributed by atoms with Crippen LogP contribution >= 0.6 is 11.6 Å². The van der Waals surface area contributed by atoms with E-state index in [1.165, 1.54) is 37.9 Å². The highest BCUT2D eigenvalue weighted by molar-refractivity contribution is 6.27. The van der Waals surface area contributed by atoms with Crippen molar-refractivity contribution in [2.45, 2.75) is 0 Å². The maximum absolute atomic E-state index is 5.36. The van der Waals surface area contributed by atoms with E-state index in [9.17, 15) is 0 Å². The van der Waals surface area contributed by atoms with Gasteiger partial charge in [-0.2, -0.15) is 0 Å². The Morgan fingerprint density at radius 1 is 0.480 bits per heavy atom. The van der Waals surface area contributed by atoms with E-state index in [2.05, 4.69) is 60.7 Å². The van der Waals surface area contributed by atoms with Crippen LogP contribution in [0.4, 0.5) is 0 Å². The van der Waals surface area contributed by atoms with Gasteiger partial charge in [-0.15, -0.1) is 0 Å². The van der Waals surface area contributed by atoms with Crippen molar-refractivity contribution in [1.29, 1.82) is 0 Å². The monoisotopic (exact) mass is 340 g/mol. The lowest BCUT2D eigenvalue weighted by atomic mass is 9.95. The smallest absolute Gasteiger partial charge is 0.00484 e. The van der Waals surface area contributed by atoms with Crippen molar-refractivity contribution in [3.63, 3.8) is 0 Å². The summed E-state index contributed by atoms with van der Waals surface area (Å²) in [6.07, 6.45) is 1.85. The summed E-state index contributed by atoms with van der Waals surface area (Å²) < 4.78 is 0. The second-order valence-electron chi connectivity index (χ2n) is 5.99. The highest BCUT2D eigenvalue weighted by atomic mass is 35.5. The van der Waals surface area contributed by atoms with Crippen LogP contribution < -0.4 is 0 Å². The summed E-state index contributed by atoms with van der Waals surface area (Å²) >= 11 is 5.36. The molecule has 0 bridgehead atoms. The standard InChI is InChI=1S/C16H10.C8H7Cl/c1-3-11-7-9-13-5-2-6-14-10-8-12(4-1)15(11)16(13)14;9-7-6-8-4-2-1-3-5-8/h1-10H;1-7H. The Morgan fingerprint density at radius 2 is 0.920 bits per heavy atom. The van der Waals surface area contributed by atoms with Crippen molar-refractivity contribution in [3.8, 4) is 0 Å². The number of hydrogen-bond acceptors (Lipinski definition) is 0. The topological polar surface area (TPSA) is 0 Å². The van der Waals surface area contributed by atoms with Crippen LogP contribution in [-0.4, -0.2) is 0 Å². The lowest BCUT2D eigenvalue weighted by molar-refractivity contribution is 1.66. The lowest BCUT2D eigenvalue weighted by Gasteiger charge is -2.09. The van der Waals surface area contributed by atoms with Gasteiger partial charge in [-0.25, -0.2) is 0 Å². The molecule has 0 nitrogen and oxygen atoms in total. The lowest BCUT2D eigenvalue weighted by Crippen LogP contribution is -1.82. The highest BCUT2D eigenvalue weighted by Crippen LogP contribution is 2.33. The molecule has 0 radical (unpaired) electrons. The third kappa shape index (κ3) is 3.09. The molecular formula is C24H17Cl. The predicted octanol–water partition coefficient (Wildman–Crippen LogP) is 7.48. The average molecular weight is 341 g/mol. The van der Waals surface area contributed by atoms with Gasteiger partial charge in [-0.1, -0.05) is 103 Å². The van der Waals surface area contributed by atoms with E-state index in [0.717, 1.165) is 5.56 Å². The van der Waals surface area contributed by atoms with Crippen molar-refractivity contribution in [1.82, 2.24) is 0 Å². The molecule has 0 unspecified atom stereocenters. The van der Waals surface area contributed by atoms with Crippen LogP contribution in [0.1, 0.15) is 5.56 Å². The van der Waals surface area contributed by atoms with Gasteiger partial charge in [0.2, 0.25) is 0 Å². The molecule has 0 spiro atoms. The third-order valence-electron chi connectivity index (χ3n) is 4.45. The molecule has 5 aromatic rings. The summed E-state index contributed by atoms with van der Waals surface area (Å²) in [4.78, 5) is 0. The van der Waals surface area contributed by atoms with Gasteiger partial charge in [0.15, 0.2) is 0 Å².